The first-order chi connectivity index (χ1) is 12.7. The van der Waals surface area contributed by atoms with Gasteiger partial charge in [0.15, 0.2) is 0 Å². The summed E-state index contributed by atoms with van der Waals surface area (Å²) in [5.41, 5.74) is 8.97. The molecule has 2 fully saturated rings. The minimum atomic E-state index is 0.792. The van der Waals surface area contributed by atoms with Crippen molar-refractivity contribution < 1.29 is 4.74 Å². The van der Waals surface area contributed by atoms with Gasteiger partial charge in [0.2, 0.25) is 0 Å². The van der Waals surface area contributed by atoms with E-state index in [0.717, 1.165) is 64.0 Å². The Hall–Kier alpha value is -1.53. The third kappa shape index (κ3) is 4.07. The highest BCUT2D eigenvalue weighted by molar-refractivity contribution is 6.30. The van der Waals surface area contributed by atoms with E-state index in [0.29, 0.717) is 0 Å². The van der Waals surface area contributed by atoms with E-state index in [1.165, 1.54) is 22.5 Å². The zero-order chi connectivity index (χ0) is 17.9. The number of nitrogens with one attached hydrogen (secondary N) is 1. The molecule has 2 saturated heterocycles. The van der Waals surface area contributed by atoms with Crippen LogP contribution in [-0.4, -0.2) is 67.3 Å². The highest BCUT2D eigenvalue weighted by atomic mass is 35.5. The van der Waals surface area contributed by atoms with Gasteiger partial charge in [-0.2, -0.15) is 0 Å². The summed E-state index contributed by atoms with van der Waals surface area (Å²) in [5.74, 6) is 0. The van der Waals surface area contributed by atoms with Crippen LogP contribution in [-0.2, 0) is 11.3 Å². The molecule has 0 aliphatic carbocycles. The number of morpholine rings is 1. The maximum Gasteiger partial charge on any atom is 0.0594 e. The molecule has 0 amide bonds. The van der Waals surface area contributed by atoms with Gasteiger partial charge >= 0.3 is 0 Å². The molecule has 1 N–H and O–H groups in total. The van der Waals surface area contributed by atoms with Crippen LogP contribution >= 0.6 is 11.6 Å². The van der Waals surface area contributed by atoms with Crippen molar-refractivity contribution in [1.82, 2.24) is 20.2 Å². The number of hydrogen-bond acceptors (Lipinski definition) is 5. The first kappa shape index (κ1) is 17.9. The summed E-state index contributed by atoms with van der Waals surface area (Å²) in [6.07, 6.45) is 2.31. The number of nitrogens with zero attached hydrogens (tertiary/aromatic N) is 3. The van der Waals surface area contributed by atoms with E-state index >= 15 is 0 Å². The van der Waals surface area contributed by atoms with Crippen molar-refractivity contribution in [2.45, 2.75) is 13.5 Å². The average Bonchev–Trinajstić information content (AvgIpc) is 3.09. The Bertz CT molecular complexity index is 694. The average molecular weight is 375 g/mol. The third-order valence-electron chi connectivity index (χ3n) is 5.46. The molecule has 0 bridgehead atoms. The number of ether oxygens (including phenoxy) is 1. The van der Waals surface area contributed by atoms with Crippen molar-refractivity contribution in [2.75, 3.05) is 52.5 Å². The number of fused-ring (bicyclic) bond motifs is 1. The molecule has 0 aromatic heterocycles. The van der Waals surface area contributed by atoms with Crippen LogP contribution < -0.4 is 5.43 Å². The van der Waals surface area contributed by atoms with Crippen LogP contribution in [0.25, 0.3) is 0 Å². The summed E-state index contributed by atoms with van der Waals surface area (Å²) in [7, 11) is 0. The van der Waals surface area contributed by atoms with Gasteiger partial charge in [-0.15, -0.1) is 0 Å². The maximum atomic E-state index is 6.00. The van der Waals surface area contributed by atoms with Crippen LogP contribution in [0.1, 0.15) is 12.5 Å². The summed E-state index contributed by atoms with van der Waals surface area (Å²) >= 11 is 6.00. The molecular formula is C20H27ClN4O. The molecule has 1 aromatic rings. The molecule has 0 spiro atoms. The Labute approximate surface area is 160 Å². The van der Waals surface area contributed by atoms with Crippen LogP contribution in [0.2, 0.25) is 5.02 Å². The zero-order valence-electron chi connectivity index (χ0n) is 15.4. The van der Waals surface area contributed by atoms with Crippen LogP contribution in [0.5, 0.6) is 0 Å². The lowest BCUT2D eigenvalue weighted by Crippen LogP contribution is -2.43. The molecule has 140 valence electrons. The smallest absolute Gasteiger partial charge is 0.0594 e. The van der Waals surface area contributed by atoms with E-state index in [1.807, 2.05) is 12.1 Å². The van der Waals surface area contributed by atoms with E-state index < -0.39 is 0 Å². The van der Waals surface area contributed by atoms with Crippen LogP contribution in [0, 0.1) is 0 Å². The first-order valence-corrected chi connectivity index (χ1v) is 9.78. The molecule has 5 nitrogen and oxygen atoms in total. The topological polar surface area (TPSA) is 31.0 Å². The Morgan fingerprint density at radius 1 is 1.12 bits per heavy atom. The first-order valence-electron chi connectivity index (χ1n) is 9.40. The number of hydrazine groups is 1. The largest absolute Gasteiger partial charge is 0.379 e. The van der Waals surface area contributed by atoms with E-state index in [2.05, 4.69) is 45.4 Å². The summed E-state index contributed by atoms with van der Waals surface area (Å²) in [6, 6.07) is 8.16. The van der Waals surface area contributed by atoms with Gasteiger partial charge in [0, 0.05) is 62.1 Å². The van der Waals surface area contributed by atoms with Gasteiger partial charge in [-0.25, -0.2) is 5.01 Å². The molecule has 0 saturated carbocycles. The summed E-state index contributed by atoms with van der Waals surface area (Å²) in [5, 5.41) is 3.13. The Kier molecular flexibility index (Phi) is 5.50. The van der Waals surface area contributed by atoms with Crippen molar-refractivity contribution in [1.29, 1.82) is 0 Å². The Morgan fingerprint density at radius 3 is 2.65 bits per heavy atom. The number of allylic oxidation sites excluding steroid dienone is 1. The van der Waals surface area contributed by atoms with E-state index in [1.54, 1.807) is 0 Å². The molecule has 0 atom stereocenters. The van der Waals surface area contributed by atoms with Gasteiger partial charge < -0.3 is 15.1 Å². The zero-order valence-corrected chi connectivity index (χ0v) is 16.1. The third-order valence-corrected chi connectivity index (χ3v) is 5.71. The van der Waals surface area contributed by atoms with Gasteiger partial charge in [0.05, 0.1) is 18.9 Å². The second-order valence-corrected chi connectivity index (χ2v) is 7.61. The normalized spacial score (nSPS) is 21.6. The van der Waals surface area contributed by atoms with Crippen molar-refractivity contribution in [2.24, 2.45) is 0 Å². The molecule has 3 aliphatic heterocycles. The molecule has 1 aromatic carbocycles. The molecular weight excluding hydrogens is 348 g/mol. The SMILES string of the molecule is CC1=C2CN(CCN3CCOCC3)NC2=CCN1Cc1ccc(Cl)cc1. The Morgan fingerprint density at radius 2 is 1.88 bits per heavy atom. The fraction of sp³-hybridized carbons (Fsp3) is 0.500. The fourth-order valence-electron chi connectivity index (χ4n) is 3.78. The maximum absolute atomic E-state index is 6.00. The van der Waals surface area contributed by atoms with Crippen molar-refractivity contribution >= 4 is 11.6 Å². The number of halogens is 1. The van der Waals surface area contributed by atoms with Gasteiger partial charge in [0.1, 0.15) is 0 Å². The minimum absolute atomic E-state index is 0.792. The molecule has 3 aliphatic rings. The lowest BCUT2D eigenvalue weighted by molar-refractivity contribution is 0.0327. The molecule has 4 rings (SSSR count). The molecule has 26 heavy (non-hydrogen) atoms. The van der Waals surface area contributed by atoms with E-state index in [4.69, 9.17) is 16.3 Å². The second-order valence-electron chi connectivity index (χ2n) is 7.18. The molecule has 3 heterocycles. The van der Waals surface area contributed by atoms with Gasteiger partial charge in [-0.3, -0.25) is 4.90 Å². The summed E-state index contributed by atoms with van der Waals surface area (Å²) in [6.45, 7) is 11.0. The minimum Gasteiger partial charge on any atom is -0.379 e. The van der Waals surface area contributed by atoms with Crippen LogP contribution in [0.4, 0.5) is 0 Å². The Balaban J connectivity index is 1.36. The van der Waals surface area contributed by atoms with Crippen molar-refractivity contribution in [3.8, 4) is 0 Å². The highest BCUT2D eigenvalue weighted by Crippen LogP contribution is 2.28. The predicted octanol–water partition coefficient (Wildman–Crippen LogP) is 2.47. The molecule has 6 heteroatoms. The quantitative estimate of drug-likeness (QED) is 0.855. The standard InChI is InChI=1S/C20H27ClN4O/c1-16-19-15-25(9-8-23-10-12-26-13-11-23)22-20(19)6-7-24(16)14-17-2-4-18(21)5-3-17/h2-6,22H,7-15H2,1H3. The lowest BCUT2D eigenvalue weighted by Gasteiger charge is -2.29. The number of benzene rings is 1. The van der Waals surface area contributed by atoms with Gasteiger partial charge in [0.25, 0.3) is 0 Å². The van der Waals surface area contributed by atoms with E-state index in [-0.39, 0.29) is 0 Å². The predicted molar refractivity (Wildman–Crippen MR) is 105 cm³/mol. The summed E-state index contributed by atoms with van der Waals surface area (Å²) in [4.78, 5) is 4.92. The van der Waals surface area contributed by atoms with Crippen LogP contribution in [0.15, 0.2) is 47.3 Å². The van der Waals surface area contributed by atoms with Crippen LogP contribution in [0.3, 0.4) is 0 Å². The fourth-order valence-corrected chi connectivity index (χ4v) is 3.90. The number of rotatable bonds is 5. The molecule has 0 radical (unpaired) electrons. The second kappa shape index (κ2) is 8.01. The highest BCUT2D eigenvalue weighted by Gasteiger charge is 2.28. The lowest BCUT2D eigenvalue weighted by atomic mass is 10.1. The van der Waals surface area contributed by atoms with Crippen molar-refractivity contribution in [3.63, 3.8) is 0 Å². The monoisotopic (exact) mass is 374 g/mol. The van der Waals surface area contributed by atoms with E-state index in [9.17, 15) is 0 Å². The van der Waals surface area contributed by atoms with Gasteiger partial charge in [-0.1, -0.05) is 23.7 Å². The summed E-state index contributed by atoms with van der Waals surface area (Å²) < 4.78 is 5.43. The van der Waals surface area contributed by atoms with Crippen molar-refractivity contribution in [3.05, 3.63) is 57.9 Å². The number of hydrogen-bond donors (Lipinski definition) is 1. The van der Waals surface area contributed by atoms with Gasteiger partial charge in [-0.05, 0) is 30.7 Å². The molecule has 0 unspecified atom stereocenters.